The molecule has 0 aromatic rings. The molecule has 0 saturated carbocycles. The van der Waals surface area contributed by atoms with E-state index in [2.05, 4.69) is 150 Å². The van der Waals surface area contributed by atoms with Gasteiger partial charge in [-0.2, -0.15) is 0 Å². The van der Waals surface area contributed by atoms with E-state index in [1.807, 2.05) is 0 Å². The molecule has 0 spiro atoms. The van der Waals surface area contributed by atoms with Crippen molar-refractivity contribution in [1.29, 1.82) is 0 Å². The number of nitrogens with one attached hydrogen (secondary N) is 6. The predicted molar refractivity (Wildman–Crippen MR) is 266 cm³/mol. The van der Waals surface area contributed by atoms with Gasteiger partial charge in [0.25, 0.3) is 0 Å². The van der Waals surface area contributed by atoms with Gasteiger partial charge in [-0.25, -0.2) is 0 Å². The Morgan fingerprint density at radius 2 is 0.721 bits per heavy atom. The minimum Gasteiger partial charge on any atom is -1.00 e. The van der Waals surface area contributed by atoms with Crippen LogP contribution in [0.5, 0.6) is 0 Å². The molecule has 388 valence electrons. The van der Waals surface area contributed by atoms with Crippen molar-refractivity contribution in [1.82, 2.24) is 38.9 Å². The third-order valence-electron chi connectivity index (χ3n) is 9.06. The summed E-state index contributed by atoms with van der Waals surface area (Å²) in [6, 6.07) is 0. The van der Waals surface area contributed by atoms with Gasteiger partial charge in [0.05, 0.1) is 40.4 Å². The number of quaternary nitrogens is 3. The summed E-state index contributed by atoms with van der Waals surface area (Å²) in [5.41, 5.74) is 3.25. The maximum Gasteiger partial charge on any atom is 0.0788 e. The normalized spacial score (nSPS) is 11.5. The molecule has 18 N–H and O–H groups in total. The molecule has 0 aliphatic heterocycles. The highest BCUT2D eigenvalue weighted by molar-refractivity contribution is 4.69. The van der Waals surface area contributed by atoms with Crippen molar-refractivity contribution in [2.75, 3.05) is 93.6 Å². The molecule has 11 nitrogen and oxygen atoms in total. The second-order valence-corrected chi connectivity index (χ2v) is 17.3. The van der Waals surface area contributed by atoms with Crippen LogP contribution in [0.15, 0.2) is 0 Å². The largest absolute Gasteiger partial charge is 1.00 e. The summed E-state index contributed by atoms with van der Waals surface area (Å²) >= 11 is 0. The van der Waals surface area contributed by atoms with Gasteiger partial charge in [-0.15, -0.1) is 0 Å². The molecule has 0 radical (unpaired) electrons. The molecule has 0 aromatic heterocycles. The predicted octanol–water partition coefficient (Wildman–Crippen LogP) is -1.95. The summed E-state index contributed by atoms with van der Waals surface area (Å²) in [6.07, 6.45) is 13.8. The van der Waals surface area contributed by atoms with Gasteiger partial charge in [-0.05, 0) is 94.0 Å². The maximum atomic E-state index is 10.1. The van der Waals surface area contributed by atoms with Gasteiger partial charge in [0.2, 0.25) is 0 Å². The van der Waals surface area contributed by atoms with Crippen LogP contribution < -0.4 is 86.7 Å². The molecule has 2 unspecified atom stereocenters. The quantitative estimate of drug-likeness (QED) is 0.0365. The first kappa shape index (κ1) is 88.2. The van der Waals surface area contributed by atoms with Gasteiger partial charge in [0, 0.05) is 26.2 Å². The van der Waals surface area contributed by atoms with Gasteiger partial charge < -0.3 is 97.0 Å². The van der Waals surface area contributed by atoms with Crippen molar-refractivity contribution in [3.63, 3.8) is 0 Å². The van der Waals surface area contributed by atoms with Crippen LogP contribution in [0, 0.1) is 35.5 Å². The minimum absolute atomic E-state index is 0. The van der Waals surface area contributed by atoms with Crippen LogP contribution in [0.4, 0.5) is 0 Å². The number of hydrogen-bond donors (Lipinski definition) is 11. The molecule has 14 heteroatoms. The zero-order valence-electron chi connectivity index (χ0n) is 44.9. The molecule has 2 atom stereocenters. The first-order valence-corrected chi connectivity index (χ1v) is 23.9. The van der Waals surface area contributed by atoms with Gasteiger partial charge in [0.1, 0.15) is 0 Å². The molecule has 0 aromatic carbocycles. The Morgan fingerprint density at radius 3 is 0.918 bits per heavy atom. The summed E-state index contributed by atoms with van der Waals surface area (Å²) in [5, 5.41) is 36.2. The Bertz CT molecular complexity index is 610. The van der Waals surface area contributed by atoms with Crippen LogP contribution in [0.25, 0.3) is 0 Å². The number of hydrogen-bond acceptors (Lipinski definition) is 8. The van der Waals surface area contributed by atoms with Crippen LogP contribution in [0.2, 0.25) is 0 Å². The van der Waals surface area contributed by atoms with Gasteiger partial charge in [-0.1, -0.05) is 148 Å². The fourth-order valence-electron chi connectivity index (χ4n) is 5.60. The fraction of sp³-hybridized carbons (Fsp3) is 1.00. The first-order chi connectivity index (χ1) is 26.5. The van der Waals surface area contributed by atoms with Gasteiger partial charge in [-0.3, -0.25) is 0 Å². The number of rotatable bonds is 30. The van der Waals surface area contributed by atoms with Gasteiger partial charge >= 0.3 is 0 Å². The van der Waals surface area contributed by atoms with Crippen molar-refractivity contribution in [3.05, 3.63) is 0 Å². The van der Waals surface area contributed by atoms with E-state index in [0.29, 0.717) is 49.9 Å². The lowest BCUT2D eigenvalue weighted by Crippen LogP contribution is -3.02. The molecule has 61 heavy (non-hydrogen) atoms. The fourth-order valence-corrected chi connectivity index (χ4v) is 5.60. The molecule has 0 amide bonds. The number of halogens is 3. The average Bonchev–Trinajstić information content (AvgIpc) is 3.14. The first-order valence-electron chi connectivity index (χ1n) is 23.9. The molecule has 0 fully saturated rings. The molecular formula is C47H122Cl3N9O2. The van der Waals surface area contributed by atoms with E-state index >= 15 is 0 Å². The highest BCUT2D eigenvalue weighted by Crippen LogP contribution is 2.19. The summed E-state index contributed by atoms with van der Waals surface area (Å²) < 4.78 is 0. The standard InChI is InChI=1S/C21H46N2O.C11H26N2O.C6H15N.C5H12.C3H9N.CH5N.3ClH.2H3N/c1-7-19(8-2)11-17(5)13-22-15-21(24)16-23-14-18(6)12-20(9-3)10-4;1-9(2)5-12-7-11(14)8-13-6-10(3)4;1-3-5-6-7-4-2;1-3-5-4-2;1-4(2)3;1-2;;;;;/h17-24H,7-16H2,1-6H3;9-14H,5-8H2,1-4H3;7H,3-6H2,1-2H3;3-5H2,1-2H3;1-3H3;2H2,1H3;3*1H;2*1H3. The summed E-state index contributed by atoms with van der Waals surface area (Å²) in [5.74, 6) is 4.37. The van der Waals surface area contributed by atoms with Crippen molar-refractivity contribution in [2.45, 2.75) is 180 Å². The summed E-state index contributed by atoms with van der Waals surface area (Å²) in [6.45, 7) is 40.2. The monoisotopic (exact) mass is 950 g/mol. The van der Waals surface area contributed by atoms with Gasteiger partial charge in [0.15, 0.2) is 0 Å². The molecule has 0 rings (SSSR count). The molecule has 0 aliphatic rings. The van der Waals surface area contributed by atoms with Crippen molar-refractivity contribution in [3.8, 4) is 0 Å². The van der Waals surface area contributed by atoms with E-state index in [1.165, 1.54) is 82.1 Å². The SMILES string of the molecule is CC(C)CNCC(O)CNCC(C)C.CCC(CC)CC(C)CNCC(O)CNCC(C)CC(CC)CC.CCCCC.CCCCNCC.C[NH+](C)C.C[NH3+].N.[Cl-].[Cl-].[Cl-].[NH4+]. The molecule has 0 aliphatic carbocycles. The van der Waals surface area contributed by atoms with E-state index in [-0.39, 0.29) is 61.7 Å². The topological polar surface area (TPSA) is 204 Å². The third-order valence-corrected chi connectivity index (χ3v) is 9.06. The molecule has 0 bridgehead atoms. The highest BCUT2D eigenvalue weighted by atomic mass is 35.5. The lowest BCUT2D eigenvalue weighted by molar-refractivity contribution is -0.836. The van der Waals surface area contributed by atoms with E-state index in [1.54, 1.807) is 7.05 Å². The van der Waals surface area contributed by atoms with E-state index in [4.69, 9.17) is 0 Å². The van der Waals surface area contributed by atoms with Crippen molar-refractivity contribution >= 4 is 0 Å². The Labute approximate surface area is 404 Å². The third kappa shape index (κ3) is 95.7. The smallest absolute Gasteiger partial charge is 0.0788 e. The minimum atomic E-state index is -0.286. The van der Waals surface area contributed by atoms with Crippen molar-refractivity contribution < 1.29 is 58.1 Å². The second-order valence-electron chi connectivity index (χ2n) is 17.3. The van der Waals surface area contributed by atoms with E-state index in [9.17, 15) is 10.2 Å². The van der Waals surface area contributed by atoms with E-state index in [0.717, 1.165) is 44.6 Å². The average molecular weight is 952 g/mol. The number of unbranched alkanes of at least 4 members (excludes halogenated alkanes) is 3. The van der Waals surface area contributed by atoms with Crippen molar-refractivity contribution in [2.24, 2.45) is 35.5 Å². The molecule has 0 saturated heterocycles. The second kappa shape index (κ2) is 74.8. The number of aliphatic hydroxyl groups excluding tert-OH is 2. The zero-order valence-corrected chi connectivity index (χ0v) is 47.2. The Morgan fingerprint density at radius 1 is 0.459 bits per heavy atom. The molecule has 0 heterocycles. The number of aliphatic hydroxyl groups is 2. The van der Waals surface area contributed by atoms with Crippen LogP contribution in [-0.4, -0.2) is 116 Å². The lowest BCUT2D eigenvalue weighted by atomic mass is 9.91. The summed E-state index contributed by atoms with van der Waals surface area (Å²) in [4.78, 5) is 1.42. The Balaban J connectivity index is -0.0000000639. The zero-order chi connectivity index (χ0) is 44.6. The summed E-state index contributed by atoms with van der Waals surface area (Å²) in [7, 11) is 8.00. The Hall–Kier alpha value is 0.430. The highest BCUT2D eigenvalue weighted by Gasteiger charge is 2.12. The maximum absolute atomic E-state index is 10.1. The lowest BCUT2D eigenvalue weighted by Gasteiger charge is -2.21. The van der Waals surface area contributed by atoms with Crippen LogP contribution in [-0.2, 0) is 0 Å². The van der Waals surface area contributed by atoms with Crippen LogP contribution in [0.3, 0.4) is 0 Å². The molecular weight excluding hydrogens is 829 g/mol. The Kier molecular flexibility index (Phi) is 108. The van der Waals surface area contributed by atoms with Crippen LogP contribution in [0.1, 0.15) is 168 Å². The van der Waals surface area contributed by atoms with Crippen LogP contribution >= 0.6 is 0 Å². The van der Waals surface area contributed by atoms with E-state index < -0.39 is 0 Å².